The molecule has 0 amide bonds. The molecule has 0 aromatic carbocycles. The van der Waals surface area contributed by atoms with E-state index in [0.29, 0.717) is 12.1 Å². The summed E-state index contributed by atoms with van der Waals surface area (Å²) >= 11 is 0. The Morgan fingerprint density at radius 2 is 1.88 bits per heavy atom. The van der Waals surface area contributed by atoms with Gasteiger partial charge in [0.05, 0.1) is 0 Å². The molecule has 1 aliphatic heterocycles. The Morgan fingerprint density at radius 1 is 1.12 bits per heavy atom. The summed E-state index contributed by atoms with van der Waals surface area (Å²) in [6, 6.07) is 1.79. The van der Waals surface area contributed by atoms with Gasteiger partial charge in [-0.3, -0.25) is 4.90 Å². The fourth-order valence-corrected chi connectivity index (χ4v) is 3.61. The van der Waals surface area contributed by atoms with Crippen LogP contribution in [0.4, 0.5) is 0 Å². The molecule has 1 heterocycles. The highest BCUT2D eigenvalue weighted by atomic mass is 15.3. The highest BCUT2D eigenvalue weighted by Crippen LogP contribution is 2.26. The van der Waals surface area contributed by atoms with E-state index in [1.54, 1.807) is 0 Å². The standard InChI is InChI=1S/C14H29N3/c1-3-12-11-16(2)9-6-10-17(12)14-8-5-4-7-13(14)15/h12-14H,3-11,15H2,1-2H3. The van der Waals surface area contributed by atoms with Crippen LogP contribution in [-0.4, -0.2) is 54.6 Å². The average Bonchev–Trinajstić information content (AvgIpc) is 2.51. The molecular formula is C14H29N3. The molecule has 3 heteroatoms. The largest absolute Gasteiger partial charge is 0.326 e. The lowest BCUT2D eigenvalue weighted by atomic mass is 9.88. The average molecular weight is 239 g/mol. The van der Waals surface area contributed by atoms with Crippen molar-refractivity contribution in [2.24, 2.45) is 5.73 Å². The smallest absolute Gasteiger partial charge is 0.0250 e. The van der Waals surface area contributed by atoms with E-state index in [2.05, 4.69) is 23.8 Å². The molecule has 1 saturated heterocycles. The summed E-state index contributed by atoms with van der Waals surface area (Å²) in [5, 5.41) is 0. The van der Waals surface area contributed by atoms with Crippen molar-refractivity contribution in [1.29, 1.82) is 0 Å². The lowest BCUT2D eigenvalue weighted by molar-refractivity contribution is 0.0878. The number of nitrogens with two attached hydrogens (primary N) is 1. The molecule has 0 aromatic heterocycles. The van der Waals surface area contributed by atoms with Crippen molar-refractivity contribution < 1.29 is 0 Å². The Labute approximate surface area is 106 Å². The van der Waals surface area contributed by atoms with Crippen molar-refractivity contribution >= 4 is 0 Å². The Hall–Kier alpha value is -0.120. The molecule has 1 saturated carbocycles. The van der Waals surface area contributed by atoms with Crippen LogP contribution < -0.4 is 5.73 Å². The molecule has 3 atom stereocenters. The second kappa shape index (κ2) is 6.17. The molecular weight excluding hydrogens is 210 g/mol. The van der Waals surface area contributed by atoms with Gasteiger partial charge in [0.25, 0.3) is 0 Å². The van der Waals surface area contributed by atoms with Crippen LogP contribution in [-0.2, 0) is 0 Å². The predicted octanol–water partition coefficient (Wildman–Crippen LogP) is 1.67. The quantitative estimate of drug-likeness (QED) is 0.795. The van der Waals surface area contributed by atoms with Gasteiger partial charge in [0, 0.05) is 31.2 Å². The van der Waals surface area contributed by atoms with Gasteiger partial charge in [0.15, 0.2) is 0 Å². The zero-order valence-electron chi connectivity index (χ0n) is 11.6. The first-order valence-electron chi connectivity index (χ1n) is 7.42. The highest BCUT2D eigenvalue weighted by Gasteiger charge is 2.32. The number of likely N-dealkylation sites (N-methyl/N-ethyl adjacent to an activating group) is 1. The monoisotopic (exact) mass is 239 g/mol. The van der Waals surface area contributed by atoms with E-state index in [-0.39, 0.29) is 0 Å². The third-order valence-corrected chi connectivity index (χ3v) is 4.63. The molecule has 2 N–H and O–H groups in total. The summed E-state index contributed by atoms with van der Waals surface area (Å²) in [5.41, 5.74) is 6.36. The molecule has 2 aliphatic rings. The third-order valence-electron chi connectivity index (χ3n) is 4.63. The second-order valence-electron chi connectivity index (χ2n) is 5.93. The minimum absolute atomic E-state index is 0.418. The van der Waals surface area contributed by atoms with Crippen LogP contribution in [0.2, 0.25) is 0 Å². The zero-order valence-corrected chi connectivity index (χ0v) is 11.6. The van der Waals surface area contributed by atoms with Crippen LogP contribution in [0.25, 0.3) is 0 Å². The minimum atomic E-state index is 0.418. The van der Waals surface area contributed by atoms with Gasteiger partial charge in [-0.25, -0.2) is 0 Å². The molecule has 0 radical (unpaired) electrons. The van der Waals surface area contributed by atoms with Crippen molar-refractivity contribution in [2.75, 3.05) is 26.7 Å². The van der Waals surface area contributed by atoms with Crippen molar-refractivity contribution in [3.63, 3.8) is 0 Å². The summed E-state index contributed by atoms with van der Waals surface area (Å²) in [6.07, 6.45) is 7.82. The van der Waals surface area contributed by atoms with Crippen molar-refractivity contribution in [1.82, 2.24) is 9.80 Å². The molecule has 100 valence electrons. The Morgan fingerprint density at radius 3 is 2.59 bits per heavy atom. The molecule has 2 rings (SSSR count). The molecule has 1 aliphatic carbocycles. The van der Waals surface area contributed by atoms with Gasteiger partial charge in [-0.05, 0) is 39.3 Å². The first kappa shape index (κ1) is 13.3. The van der Waals surface area contributed by atoms with Crippen LogP contribution in [0.3, 0.4) is 0 Å². The summed E-state index contributed by atoms with van der Waals surface area (Å²) < 4.78 is 0. The van der Waals surface area contributed by atoms with Gasteiger partial charge >= 0.3 is 0 Å². The van der Waals surface area contributed by atoms with E-state index in [1.807, 2.05) is 0 Å². The van der Waals surface area contributed by atoms with Gasteiger partial charge in [0.1, 0.15) is 0 Å². The SMILES string of the molecule is CCC1CN(C)CCCN1C1CCCCC1N. The van der Waals surface area contributed by atoms with E-state index in [4.69, 9.17) is 5.73 Å². The molecule has 3 nitrogen and oxygen atoms in total. The molecule has 0 aromatic rings. The van der Waals surface area contributed by atoms with Gasteiger partial charge in [-0.1, -0.05) is 19.8 Å². The van der Waals surface area contributed by atoms with Gasteiger partial charge in [0.2, 0.25) is 0 Å². The zero-order chi connectivity index (χ0) is 12.3. The molecule has 3 unspecified atom stereocenters. The fraction of sp³-hybridized carbons (Fsp3) is 1.00. The number of nitrogens with zero attached hydrogens (tertiary/aromatic N) is 2. The fourth-order valence-electron chi connectivity index (χ4n) is 3.61. The Kier molecular flexibility index (Phi) is 4.83. The number of hydrogen-bond donors (Lipinski definition) is 1. The van der Waals surface area contributed by atoms with E-state index < -0.39 is 0 Å². The van der Waals surface area contributed by atoms with Gasteiger partial charge in [-0.2, -0.15) is 0 Å². The van der Waals surface area contributed by atoms with Gasteiger partial charge in [-0.15, -0.1) is 0 Å². The predicted molar refractivity (Wildman–Crippen MR) is 73.1 cm³/mol. The number of rotatable bonds is 2. The maximum absolute atomic E-state index is 6.36. The second-order valence-corrected chi connectivity index (χ2v) is 5.93. The molecule has 2 fully saturated rings. The van der Waals surface area contributed by atoms with Crippen LogP contribution in [0.15, 0.2) is 0 Å². The van der Waals surface area contributed by atoms with Crippen LogP contribution >= 0.6 is 0 Å². The van der Waals surface area contributed by atoms with E-state index >= 15 is 0 Å². The summed E-state index contributed by atoms with van der Waals surface area (Å²) in [6.45, 7) is 6.04. The third kappa shape index (κ3) is 3.21. The summed E-state index contributed by atoms with van der Waals surface area (Å²) in [7, 11) is 2.26. The maximum atomic E-state index is 6.36. The minimum Gasteiger partial charge on any atom is -0.326 e. The number of hydrogen-bond acceptors (Lipinski definition) is 3. The van der Waals surface area contributed by atoms with Crippen LogP contribution in [0.5, 0.6) is 0 Å². The van der Waals surface area contributed by atoms with Crippen LogP contribution in [0.1, 0.15) is 45.4 Å². The topological polar surface area (TPSA) is 32.5 Å². The van der Waals surface area contributed by atoms with E-state index in [0.717, 1.165) is 6.04 Å². The highest BCUT2D eigenvalue weighted by molar-refractivity contribution is 4.91. The van der Waals surface area contributed by atoms with Crippen molar-refractivity contribution in [2.45, 2.75) is 63.6 Å². The summed E-state index contributed by atoms with van der Waals surface area (Å²) in [5.74, 6) is 0. The van der Waals surface area contributed by atoms with E-state index in [1.165, 1.54) is 58.2 Å². The normalized spacial score (nSPS) is 37.9. The first-order chi connectivity index (χ1) is 8.22. The Bertz CT molecular complexity index is 232. The lowest BCUT2D eigenvalue weighted by Gasteiger charge is -2.42. The van der Waals surface area contributed by atoms with Gasteiger partial charge < -0.3 is 10.6 Å². The summed E-state index contributed by atoms with van der Waals surface area (Å²) in [4.78, 5) is 5.23. The molecule has 0 bridgehead atoms. The van der Waals surface area contributed by atoms with E-state index in [9.17, 15) is 0 Å². The molecule has 17 heavy (non-hydrogen) atoms. The van der Waals surface area contributed by atoms with Crippen molar-refractivity contribution in [3.8, 4) is 0 Å². The lowest BCUT2D eigenvalue weighted by Crippen LogP contribution is -2.54. The van der Waals surface area contributed by atoms with Crippen LogP contribution in [0, 0.1) is 0 Å². The molecule has 0 spiro atoms. The first-order valence-corrected chi connectivity index (χ1v) is 7.42. The maximum Gasteiger partial charge on any atom is 0.0250 e. The Balaban J connectivity index is 2.04. The van der Waals surface area contributed by atoms with Crippen molar-refractivity contribution in [3.05, 3.63) is 0 Å².